The molecule has 1 aliphatic rings. The third-order valence-corrected chi connectivity index (χ3v) is 6.39. The number of ketones is 1. The predicted molar refractivity (Wildman–Crippen MR) is 115 cm³/mol. The van der Waals surface area contributed by atoms with Crippen LogP contribution in [0, 0.1) is 12.7 Å². The lowest BCUT2D eigenvalue weighted by Crippen LogP contribution is -2.37. The highest BCUT2D eigenvalue weighted by Crippen LogP contribution is 2.33. The van der Waals surface area contributed by atoms with E-state index in [2.05, 4.69) is 71.9 Å². The minimum Gasteiger partial charge on any atom is -0.336 e. The Kier molecular flexibility index (Phi) is 4.50. The minimum atomic E-state index is -0.354. The van der Waals surface area contributed by atoms with Crippen LogP contribution < -0.4 is 4.57 Å². The number of fused-ring (bicyclic) bond motifs is 2. The number of carbonyl (C=O) groups is 1. The summed E-state index contributed by atoms with van der Waals surface area (Å²) in [5.74, 6) is -0.353. The molecule has 150 valence electrons. The van der Waals surface area contributed by atoms with Crippen molar-refractivity contribution in [3.63, 3.8) is 0 Å². The Morgan fingerprint density at radius 3 is 2.73 bits per heavy atom. The number of hydrogen-bond donors (Lipinski definition) is 0. The Morgan fingerprint density at radius 1 is 1.13 bits per heavy atom. The van der Waals surface area contributed by atoms with E-state index < -0.39 is 0 Å². The van der Waals surface area contributed by atoms with Crippen molar-refractivity contribution in [2.75, 3.05) is 0 Å². The number of Topliss-reactive ketones (excluding diaryl/α,β-unsaturated/α-hetero) is 1. The van der Waals surface area contributed by atoms with Gasteiger partial charge >= 0.3 is 0 Å². The van der Waals surface area contributed by atoms with E-state index in [0.717, 1.165) is 34.9 Å². The molecule has 2 aromatic carbocycles. The van der Waals surface area contributed by atoms with Crippen molar-refractivity contribution < 1.29 is 13.8 Å². The average molecular weight is 399 g/mol. The van der Waals surface area contributed by atoms with Crippen molar-refractivity contribution in [2.24, 2.45) is 0 Å². The van der Waals surface area contributed by atoms with E-state index in [0.29, 0.717) is 5.56 Å². The molecule has 4 heteroatoms. The van der Waals surface area contributed by atoms with Crippen molar-refractivity contribution in [1.29, 1.82) is 0 Å². The molecule has 1 aliphatic carbocycles. The zero-order chi connectivity index (χ0) is 20.8. The smallest absolute Gasteiger partial charge is 0.185 e. The number of hydrogen-bond acceptors (Lipinski definition) is 1. The Labute approximate surface area is 175 Å². The van der Waals surface area contributed by atoms with Gasteiger partial charge < -0.3 is 4.57 Å². The molecule has 2 atom stereocenters. The highest BCUT2D eigenvalue weighted by atomic mass is 19.1. The molecular formula is C26H24FN2O+. The topological polar surface area (TPSA) is 25.9 Å². The summed E-state index contributed by atoms with van der Waals surface area (Å²) in [5, 5.41) is 1.14. The SMILES string of the molecule is Cc1cn(C2CCc3ccc(F)cc3C2=O)c2cc[n+](C(C)c3ccccc3)cc12. The summed E-state index contributed by atoms with van der Waals surface area (Å²) in [4.78, 5) is 13.2. The van der Waals surface area contributed by atoms with Crippen molar-refractivity contribution in [3.05, 3.63) is 101 Å². The molecule has 0 N–H and O–H groups in total. The van der Waals surface area contributed by atoms with Gasteiger partial charge in [-0.1, -0.05) is 36.4 Å². The van der Waals surface area contributed by atoms with Gasteiger partial charge in [-0.05, 0) is 43.0 Å². The summed E-state index contributed by atoms with van der Waals surface area (Å²) in [6, 6.07) is 17.0. The zero-order valence-corrected chi connectivity index (χ0v) is 17.2. The van der Waals surface area contributed by atoms with Gasteiger partial charge in [-0.25, -0.2) is 4.39 Å². The molecule has 2 unspecified atom stereocenters. The van der Waals surface area contributed by atoms with E-state index in [1.807, 2.05) is 6.07 Å². The van der Waals surface area contributed by atoms with Crippen LogP contribution >= 0.6 is 0 Å². The first-order valence-electron chi connectivity index (χ1n) is 10.4. The van der Waals surface area contributed by atoms with Crippen LogP contribution in [0.25, 0.3) is 10.9 Å². The highest BCUT2D eigenvalue weighted by Gasteiger charge is 2.30. The number of benzene rings is 2. The first-order valence-corrected chi connectivity index (χ1v) is 10.4. The van der Waals surface area contributed by atoms with Crippen LogP contribution in [0.4, 0.5) is 4.39 Å². The highest BCUT2D eigenvalue weighted by molar-refractivity contribution is 6.02. The monoisotopic (exact) mass is 399 g/mol. The molecule has 0 fully saturated rings. The van der Waals surface area contributed by atoms with Crippen LogP contribution in [0.5, 0.6) is 0 Å². The molecule has 0 aliphatic heterocycles. The van der Waals surface area contributed by atoms with E-state index in [1.165, 1.54) is 17.7 Å². The summed E-state index contributed by atoms with van der Waals surface area (Å²) in [6.07, 6.45) is 7.82. The third-order valence-electron chi connectivity index (χ3n) is 6.39. The second kappa shape index (κ2) is 7.21. The van der Waals surface area contributed by atoms with Crippen LogP contribution in [0.2, 0.25) is 0 Å². The van der Waals surface area contributed by atoms with E-state index in [9.17, 15) is 9.18 Å². The fourth-order valence-corrected chi connectivity index (χ4v) is 4.65. The Hall–Kier alpha value is -3.27. The van der Waals surface area contributed by atoms with Gasteiger partial charge in [-0.15, -0.1) is 0 Å². The molecule has 2 aromatic heterocycles. The molecule has 30 heavy (non-hydrogen) atoms. The molecule has 0 saturated carbocycles. The van der Waals surface area contributed by atoms with Gasteiger partial charge in [-0.3, -0.25) is 4.79 Å². The van der Waals surface area contributed by atoms with Gasteiger partial charge in [0.15, 0.2) is 24.2 Å². The van der Waals surface area contributed by atoms with Crippen LogP contribution in [-0.4, -0.2) is 10.4 Å². The molecular weight excluding hydrogens is 375 g/mol. The normalized spacial score (nSPS) is 17.2. The number of carbonyl (C=O) groups excluding carboxylic acids is 1. The summed E-state index contributed by atoms with van der Waals surface area (Å²) in [7, 11) is 0. The molecule has 0 radical (unpaired) electrons. The molecule has 0 amide bonds. The molecule has 3 nitrogen and oxygen atoms in total. The van der Waals surface area contributed by atoms with Crippen LogP contribution in [0.15, 0.2) is 73.2 Å². The zero-order valence-electron chi connectivity index (χ0n) is 17.2. The third kappa shape index (κ3) is 3.04. The van der Waals surface area contributed by atoms with Crippen LogP contribution in [0.3, 0.4) is 0 Å². The molecule has 0 bridgehead atoms. The minimum absolute atomic E-state index is 0.00188. The first kappa shape index (κ1) is 18.7. The quantitative estimate of drug-likeness (QED) is 0.426. The molecule has 0 spiro atoms. The standard InChI is InChI=1S/C26H24FN2O/c1-17-15-29(25-11-9-20-8-10-21(27)14-22(20)26(25)30)24-12-13-28(16-23(17)24)18(2)19-6-4-3-5-7-19/h3-8,10,12-16,18,25H,9,11H2,1-2H3/q+1. The van der Waals surface area contributed by atoms with Gasteiger partial charge in [0.05, 0.1) is 16.9 Å². The molecule has 0 saturated heterocycles. The first-order chi connectivity index (χ1) is 14.5. The molecule has 2 heterocycles. The number of aryl methyl sites for hydroxylation is 2. The van der Waals surface area contributed by atoms with E-state index in [1.54, 1.807) is 6.07 Å². The lowest BCUT2D eigenvalue weighted by molar-refractivity contribution is -0.709. The van der Waals surface area contributed by atoms with Crippen LogP contribution in [-0.2, 0) is 6.42 Å². The number of nitrogens with zero attached hydrogens (tertiary/aromatic N) is 2. The molecule has 5 rings (SSSR count). The van der Waals surface area contributed by atoms with Gasteiger partial charge in [-0.2, -0.15) is 4.57 Å². The lowest BCUT2D eigenvalue weighted by Gasteiger charge is -2.25. The number of pyridine rings is 1. The fraction of sp³-hybridized carbons (Fsp3) is 0.231. The van der Waals surface area contributed by atoms with Crippen LogP contribution in [0.1, 0.15) is 52.5 Å². The number of aromatic nitrogens is 2. The average Bonchev–Trinajstić information content (AvgIpc) is 3.10. The van der Waals surface area contributed by atoms with E-state index in [-0.39, 0.29) is 23.7 Å². The van der Waals surface area contributed by atoms with Gasteiger partial charge in [0.2, 0.25) is 0 Å². The Balaban J connectivity index is 1.55. The second-order valence-corrected chi connectivity index (χ2v) is 8.22. The van der Waals surface area contributed by atoms with Crippen molar-refractivity contribution in [3.8, 4) is 0 Å². The largest absolute Gasteiger partial charge is 0.336 e. The van der Waals surface area contributed by atoms with E-state index >= 15 is 0 Å². The Bertz CT molecular complexity index is 1260. The van der Waals surface area contributed by atoms with Crippen molar-refractivity contribution >= 4 is 16.7 Å². The summed E-state index contributed by atoms with van der Waals surface area (Å²) in [6.45, 7) is 4.26. The van der Waals surface area contributed by atoms with Gasteiger partial charge in [0.25, 0.3) is 0 Å². The predicted octanol–water partition coefficient (Wildman–Crippen LogP) is 5.36. The lowest BCUT2D eigenvalue weighted by atomic mass is 9.87. The Morgan fingerprint density at radius 2 is 1.93 bits per heavy atom. The number of rotatable bonds is 3. The summed E-state index contributed by atoms with van der Waals surface area (Å²) < 4.78 is 18.0. The van der Waals surface area contributed by atoms with Crippen molar-refractivity contribution in [1.82, 2.24) is 4.57 Å². The second-order valence-electron chi connectivity index (χ2n) is 8.22. The maximum atomic E-state index is 13.8. The number of halogens is 1. The van der Waals surface area contributed by atoms with Crippen molar-refractivity contribution in [2.45, 2.75) is 38.8 Å². The summed E-state index contributed by atoms with van der Waals surface area (Å²) >= 11 is 0. The fourth-order valence-electron chi connectivity index (χ4n) is 4.65. The molecule has 4 aromatic rings. The van der Waals surface area contributed by atoms with Gasteiger partial charge in [0.1, 0.15) is 5.82 Å². The summed E-state index contributed by atoms with van der Waals surface area (Å²) in [5.41, 5.74) is 4.90. The maximum Gasteiger partial charge on any atom is 0.185 e. The van der Waals surface area contributed by atoms with Gasteiger partial charge in [0, 0.05) is 30.3 Å². The maximum absolute atomic E-state index is 13.8. The van der Waals surface area contributed by atoms with E-state index in [4.69, 9.17) is 0 Å².